The Bertz CT molecular complexity index is 1230. The van der Waals surface area contributed by atoms with Crippen molar-refractivity contribution in [3.05, 3.63) is 66.4 Å². The molecule has 0 aliphatic rings. The summed E-state index contributed by atoms with van der Waals surface area (Å²) in [6, 6.07) is 17.6. The fourth-order valence-corrected chi connectivity index (χ4v) is 4.22. The Morgan fingerprint density at radius 3 is 2.66 bits per heavy atom. The van der Waals surface area contributed by atoms with Crippen molar-refractivity contribution in [2.45, 2.75) is 18.5 Å². The second kappa shape index (κ2) is 7.97. The molecular formula is C22H20N4O2S. The molecule has 2 amide bonds. The van der Waals surface area contributed by atoms with Gasteiger partial charge >= 0.3 is 0 Å². The molecule has 0 aliphatic carbocycles. The third-order valence-electron chi connectivity index (χ3n) is 4.71. The maximum atomic E-state index is 12.9. The molecular weight excluding hydrogens is 384 g/mol. The number of primary amides is 1. The number of fused-ring (bicyclic) bond motifs is 3. The number of hydrogen-bond donors (Lipinski definition) is 2. The van der Waals surface area contributed by atoms with Crippen LogP contribution in [0.2, 0.25) is 0 Å². The Morgan fingerprint density at radius 2 is 1.86 bits per heavy atom. The summed E-state index contributed by atoms with van der Waals surface area (Å²) in [7, 11) is 0. The van der Waals surface area contributed by atoms with Crippen molar-refractivity contribution in [2.24, 2.45) is 5.73 Å². The fourth-order valence-electron chi connectivity index (χ4n) is 3.49. The summed E-state index contributed by atoms with van der Waals surface area (Å²) in [4.78, 5) is 28.1. The summed E-state index contributed by atoms with van der Waals surface area (Å²) in [5.74, 6) is -0.659. The number of para-hydroxylation sites is 1. The lowest BCUT2D eigenvalue weighted by molar-refractivity contribution is -0.115. The van der Waals surface area contributed by atoms with Gasteiger partial charge in [0.15, 0.2) is 0 Å². The van der Waals surface area contributed by atoms with Crippen molar-refractivity contribution < 1.29 is 9.59 Å². The number of aryl methyl sites for hydroxylation is 1. The zero-order valence-corrected chi connectivity index (χ0v) is 16.7. The van der Waals surface area contributed by atoms with Gasteiger partial charge in [-0.25, -0.2) is 4.98 Å². The van der Waals surface area contributed by atoms with Crippen LogP contribution in [0.1, 0.15) is 17.3 Å². The van der Waals surface area contributed by atoms with Crippen LogP contribution in [0.5, 0.6) is 0 Å². The normalized spacial score (nSPS) is 11.1. The molecule has 7 heteroatoms. The molecule has 2 heterocycles. The summed E-state index contributed by atoms with van der Waals surface area (Å²) in [6.45, 7) is 2.99. The molecule has 2 aromatic carbocycles. The van der Waals surface area contributed by atoms with Gasteiger partial charge in [0, 0.05) is 40.2 Å². The number of carbonyl (C=O) groups excluding carboxylic acids is 2. The molecule has 6 nitrogen and oxygen atoms in total. The maximum Gasteiger partial charge on any atom is 0.258 e. The second-order valence-corrected chi connectivity index (χ2v) is 7.52. The molecule has 0 spiro atoms. The summed E-state index contributed by atoms with van der Waals surface area (Å²) in [5.41, 5.74) is 8.63. The number of anilines is 1. The van der Waals surface area contributed by atoms with Gasteiger partial charge in [0.1, 0.15) is 5.03 Å². The quantitative estimate of drug-likeness (QED) is 0.475. The van der Waals surface area contributed by atoms with Crippen LogP contribution >= 0.6 is 11.8 Å². The third kappa shape index (κ3) is 3.69. The van der Waals surface area contributed by atoms with E-state index in [2.05, 4.69) is 33.9 Å². The van der Waals surface area contributed by atoms with Crippen molar-refractivity contribution in [1.82, 2.24) is 9.55 Å². The molecule has 0 atom stereocenters. The minimum atomic E-state index is -0.454. The van der Waals surface area contributed by atoms with Gasteiger partial charge in [-0.15, -0.1) is 0 Å². The highest BCUT2D eigenvalue weighted by Gasteiger charge is 2.15. The van der Waals surface area contributed by atoms with Gasteiger partial charge in [0.25, 0.3) is 5.91 Å². The predicted molar refractivity (Wildman–Crippen MR) is 117 cm³/mol. The van der Waals surface area contributed by atoms with Gasteiger partial charge in [-0.05, 0) is 43.3 Å². The monoisotopic (exact) mass is 404 g/mol. The number of rotatable bonds is 6. The van der Waals surface area contributed by atoms with Crippen LogP contribution in [0.15, 0.2) is 65.8 Å². The van der Waals surface area contributed by atoms with Crippen LogP contribution < -0.4 is 11.1 Å². The lowest BCUT2D eigenvalue weighted by atomic mass is 10.1. The number of benzene rings is 2. The van der Waals surface area contributed by atoms with Gasteiger partial charge in [-0.3, -0.25) is 9.59 Å². The average molecular weight is 404 g/mol. The van der Waals surface area contributed by atoms with Gasteiger partial charge in [0.05, 0.1) is 11.3 Å². The Morgan fingerprint density at radius 1 is 1.07 bits per heavy atom. The topological polar surface area (TPSA) is 90.0 Å². The second-order valence-electron chi connectivity index (χ2n) is 6.56. The lowest BCUT2D eigenvalue weighted by Crippen LogP contribution is -2.16. The molecule has 0 saturated carbocycles. The highest BCUT2D eigenvalue weighted by molar-refractivity contribution is 8.00. The van der Waals surface area contributed by atoms with E-state index in [1.54, 1.807) is 18.3 Å². The summed E-state index contributed by atoms with van der Waals surface area (Å²) in [6.07, 6.45) is 1.59. The van der Waals surface area contributed by atoms with Crippen molar-refractivity contribution in [2.75, 3.05) is 11.1 Å². The summed E-state index contributed by atoms with van der Waals surface area (Å²) >= 11 is 1.15. The number of amides is 2. The highest BCUT2D eigenvalue weighted by atomic mass is 32.2. The number of nitrogens with zero attached hydrogens (tertiary/aromatic N) is 2. The van der Waals surface area contributed by atoms with Crippen LogP contribution in [0, 0.1) is 0 Å². The number of thioether (sulfide) groups is 1. The van der Waals surface area contributed by atoms with E-state index in [1.165, 1.54) is 5.52 Å². The number of aromatic nitrogens is 2. The molecule has 0 aliphatic heterocycles. The number of nitrogens with two attached hydrogens (primary N) is 1. The Labute approximate surface area is 172 Å². The molecule has 2 aromatic heterocycles. The molecule has 3 N–H and O–H groups in total. The van der Waals surface area contributed by atoms with E-state index >= 15 is 0 Å². The fraction of sp³-hybridized carbons (Fsp3) is 0.136. The summed E-state index contributed by atoms with van der Waals surface area (Å²) < 4.78 is 2.26. The van der Waals surface area contributed by atoms with E-state index in [1.807, 2.05) is 30.3 Å². The van der Waals surface area contributed by atoms with Crippen LogP contribution in [0.3, 0.4) is 0 Å². The van der Waals surface area contributed by atoms with Gasteiger partial charge in [0.2, 0.25) is 5.91 Å². The predicted octanol–water partition coefficient (Wildman–Crippen LogP) is 4.04. The molecule has 0 saturated heterocycles. The Hall–Kier alpha value is -3.32. The Kier molecular flexibility index (Phi) is 5.22. The zero-order chi connectivity index (χ0) is 20.4. The molecule has 4 rings (SSSR count). The van der Waals surface area contributed by atoms with Crippen molar-refractivity contribution in [3.8, 4) is 0 Å². The van der Waals surface area contributed by atoms with E-state index in [9.17, 15) is 9.59 Å². The zero-order valence-electron chi connectivity index (χ0n) is 15.9. The van der Waals surface area contributed by atoms with Gasteiger partial charge in [-0.2, -0.15) is 0 Å². The first-order chi connectivity index (χ1) is 14.1. The van der Waals surface area contributed by atoms with E-state index < -0.39 is 5.91 Å². The molecule has 0 fully saturated rings. The number of nitrogens with one attached hydrogen (secondary N) is 1. The first kappa shape index (κ1) is 19.0. The smallest absolute Gasteiger partial charge is 0.258 e. The van der Waals surface area contributed by atoms with Crippen LogP contribution in [0.4, 0.5) is 5.69 Å². The molecule has 0 bridgehead atoms. The minimum absolute atomic E-state index is 0.0692. The third-order valence-corrected chi connectivity index (χ3v) is 5.74. The number of carbonyl (C=O) groups is 2. The largest absolute Gasteiger partial charge is 0.369 e. The van der Waals surface area contributed by atoms with E-state index in [-0.39, 0.29) is 11.7 Å². The SMILES string of the molecule is CCn1c2ccccc2c2cc(NC(=O)c3cccnc3SCC(N)=O)ccc21. The molecule has 0 unspecified atom stereocenters. The molecule has 146 valence electrons. The van der Waals surface area contributed by atoms with Gasteiger partial charge in [-0.1, -0.05) is 30.0 Å². The van der Waals surface area contributed by atoms with Crippen LogP contribution in [-0.2, 0) is 11.3 Å². The van der Waals surface area contributed by atoms with E-state index in [0.29, 0.717) is 16.3 Å². The first-order valence-corrected chi connectivity index (χ1v) is 10.3. The maximum absolute atomic E-state index is 12.9. The lowest BCUT2D eigenvalue weighted by Gasteiger charge is -2.09. The first-order valence-electron chi connectivity index (χ1n) is 9.27. The Balaban J connectivity index is 1.68. The van der Waals surface area contributed by atoms with E-state index in [4.69, 9.17) is 5.73 Å². The van der Waals surface area contributed by atoms with Crippen molar-refractivity contribution in [1.29, 1.82) is 0 Å². The van der Waals surface area contributed by atoms with Crippen LogP contribution in [0.25, 0.3) is 21.8 Å². The van der Waals surface area contributed by atoms with E-state index in [0.717, 1.165) is 34.6 Å². The molecule has 29 heavy (non-hydrogen) atoms. The van der Waals surface area contributed by atoms with Crippen molar-refractivity contribution >= 4 is 51.1 Å². The standard InChI is InChI=1S/C22H20N4O2S/c1-2-26-18-8-4-3-6-15(18)17-12-14(9-10-19(17)26)25-21(28)16-7-5-11-24-22(16)29-13-20(23)27/h3-12H,2,13H2,1H3,(H2,23,27)(H,25,28). The highest BCUT2D eigenvalue weighted by Crippen LogP contribution is 2.31. The number of pyridine rings is 1. The summed E-state index contributed by atoms with van der Waals surface area (Å²) in [5, 5.41) is 5.68. The number of hydrogen-bond acceptors (Lipinski definition) is 4. The van der Waals surface area contributed by atoms with Gasteiger partial charge < -0.3 is 15.6 Å². The van der Waals surface area contributed by atoms with Crippen LogP contribution in [-0.4, -0.2) is 27.1 Å². The van der Waals surface area contributed by atoms with Crippen molar-refractivity contribution in [3.63, 3.8) is 0 Å². The minimum Gasteiger partial charge on any atom is -0.369 e. The molecule has 4 aromatic rings. The molecule has 0 radical (unpaired) electrons. The average Bonchev–Trinajstić information content (AvgIpc) is 3.05.